The lowest BCUT2D eigenvalue weighted by molar-refractivity contribution is -0.115. The molecule has 0 aromatic heterocycles. The van der Waals surface area contributed by atoms with E-state index in [0.29, 0.717) is 11.3 Å². The third-order valence-electron chi connectivity index (χ3n) is 2.46. The van der Waals surface area contributed by atoms with Gasteiger partial charge in [0.1, 0.15) is 6.10 Å². The molecule has 6 heteroatoms. The average molecular weight is 273 g/mol. The Bertz CT molecular complexity index is 383. The summed E-state index contributed by atoms with van der Waals surface area (Å²) in [4.78, 5) is 11.3. The van der Waals surface area contributed by atoms with Crippen LogP contribution < -0.4 is 11.1 Å². The van der Waals surface area contributed by atoms with Crippen molar-refractivity contribution in [2.75, 3.05) is 17.7 Å². The van der Waals surface area contributed by atoms with E-state index in [4.69, 9.17) is 17.3 Å². The lowest BCUT2D eigenvalue weighted by Gasteiger charge is -2.16. The maximum atomic E-state index is 11.3. The monoisotopic (exact) mass is 272 g/mol. The van der Waals surface area contributed by atoms with E-state index in [1.807, 2.05) is 0 Å². The van der Waals surface area contributed by atoms with Crippen LogP contribution in [0.15, 0.2) is 24.3 Å². The van der Waals surface area contributed by atoms with Gasteiger partial charge in [0, 0.05) is 24.5 Å². The van der Waals surface area contributed by atoms with Crippen LogP contribution in [0.5, 0.6) is 0 Å². The van der Waals surface area contributed by atoms with E-state index in [-0.39, 0.29) is 24.8 Å². The number of alkyl halides is 1. The number of nitrogens with one attached hydrogen (secondary N) is 1. The second-order valence-corrected chi connectivity index (χ2v) is 4.24. The number of carbonyl (C=O) groups excluding carboxylic acids is 1. The van der Waals surface area contributed by atoms with Crippen LogP contribution in [0.4, 0.5) is 5.69 Å². The summed E-state index contributed by atoms with van der Waals surface area (Å²) in [6.45, 7) is -0.0185. The summed E-state index contributed by atoms with van der Waals surface area (Å²) >= 11 is 5.45. The van der Waals surface area contributed by atoms with Gasteiger partial charge in [-0.05, 0) is 17.7 Å². The van der Waals surface area contributed by atoms with E-state index in [2.05, 4.69) is 5.32 Å². The highest BCUT2D eigenvalue weighted by molar-refractivity contribution is 6.19. The number of halogens is 1. The Balaban J connectivity index is 2.65. The fraction of sp³-hybridized carbons (Fsp3) is 0.417. The van der Waals surface area contributed by atoms with Crippen LogP contribution in [0.3, 0.4) is 0 Å². The van der Waals surface area contributed by atoms with Gasteiger partial charge in [0.05, 0.1) is 6.10 Å². The van der Waals surface area contributed by atoms with Crippen molar-refractivity contribution in [2.24, 2.45) is 5.73 Å². The maximum Gasteiger partial charge on any atom is 0.225 e. The Kier molecular flexibility index (Phi) is 6.07. The summed E-state index contributed by atoms with van der Waals surface area (Å²) in [6.07, 6.45) is -1.78. The van der Waals surface area contributed by atoms with Crippen LogP contribution in [-0.2, 0) is 4.79 Å². The first-order valence-corrected chi connectivity index (χ1v) is 6.14. The Morgan fingerprint density at radius 3 is 2.44 bits per heavy atom. The summed E-state index contributed by atoms with van der Waals surface area (Å²) in [5.74, 6) is 0.103. The first kappa shape index (κ1) is 14.9. The highest BCUT2D eigenvalue weighted by Crippen LogP contribution is 2.19. The number of rotatable bonds is 6. The largest absolute Gasteiger partial charge is 0.389 e. The average Bonchev–Trinajstić information content (AvgIpc) is 2.38. The molecule has 0 saturated carbocycles. The van der Waals surface area contributed by atoms with Crippen molar-refractivity contribution in [3.05, 3.63) is 29.8 Å². The number of carbonyl (C=O) groups is 1. The molecule has 0 heterocycles. The molecule has 18 heavy (non-hydrogen) atoms. The smallest absolute Gasteiger partial charge is 0.225 e. The Hall–Kier alpha value is -1.14. The molecule has 0 aliphatic heterocycles. The molecule has 0 bridgehead atoms. The van der Waals surface area contributed by atoms with Gasteiger partial charge in [-0.25, -0.2) is 0 Å². The van der Waals surface area contributed by atoms with Crippen molar-refractivity contribution in [3.8, 4) is 0 Å². The van der Waals surface area contributed by atoms with Gasteiger partial charge in [0.2, 0.25) is 5.91 Å². The molecular weight excluding hydrogens is 256 g/mol. The Morgan fingerprint density at radius 1 is 1.33 bits per heavy atom. The number of anilines is 1. The van der Waals surface area contributed by atoms with Crippen LogP contribution in [0.25, 0.3) is 0 Å². The van der Waals surface area contributed by atoms with Crippen molar-refractivity contribution in [1.29, 1.82) is 0 Å². The van der Waals surface area contributed by atoms with Crippen LogP contribution in [0.2, 0.25) is 0 Å². The van der Waals surface area contributed by atoms with Crippen molar-refractivity contribution in [3.63, 3.8) is 0 Å². The molecule has 0 aliphatic rings. The minimum Gasteiger partial charge on any atom is -0.389 e. The number of benzene rings is 1. The maximum absolute atomic E-state index is 11.3. The molecule has 0 aliphatic carbocycles. The second kappa shape index (κ2) is 7.33. The fourth-order valence-electron chi connectivity index (χ4n) is 1.42. The van der Waals surface area contributed by atoms with Crippen LogP contribution in [0.1, 0.15) is 18.1 Å². The summed E-state index contributed by atoms with van der Waals surface area (Å²) < 4.78 is 0. The zero-order chi connectivity index (χ0) is 13.5. The summed E-state index contributed by atoms with van der Waals surface area (Å²) in [5.41, 5.74) is 6.42. The third-order valence-corrected chi connectivity index (χ3v) is 2.65. The second-order valence-electron chi connectivity index (χ2n) is 3.86. The molecule has 0 saturated heterocycles. The lowest BCUT2D eigenvalue weighted by atomic mass is 10.0. The first-order chi connectivity index (χ1) is 8.58. The minimum atomic E-state index is -1.03. The van der Waals surface area contributed by atoms with Gasteiger partial charge in [-0.15, -0.1) is 11.6 Å². The zero-order valence-electron chi connectivity index (χ0n) is 9.84. The minimum absolute atomic E-state index is 0.0185. The van der Waals surface area contributed by atoms with Gasteiger partial charge in [0.25, 0.3) is 0 Å². The number of hydrogen-bond donors (Lipinski definition) is 4. The van der Waals surface area contributed by atoms with E-state index in [1.54, 1.807) is 24.3 Å². The predicted octanol–water partition coefficient (Wildman–Crippen LogP) is 0.607. The van der Waals surface area contributed by atoms with Gasteiger partial charge < -0.3 is 21.3 Å². The molecule has 5 N–H and O–H groups in total. The van der Waals surface area contributed by atoms with E-state index < -0.39 is 12.2 Å². The first-order valence-electron chi connectivity index (χ1n) is 5.60. The molecule has 2 unspecified atom stereocenters. The van der Waals surface area contributed by atoms with Gasteiger partial charge in [-0.2, -0.15) is 0 Å². The number of nitrogens with two attached hydrogens (primary N) is 1. The molecule has 0 fully saturated rings. The molecule has 100 valence electrons. The number of aliphatic hydroxyl groups is 2. The van der Waals surface area contributed by atoms with E-state index >= 15 is 0 Å². The van der Waals surface area contributed by atoms with E-state index in [9.17, 15) is 15.0 Å². The summed E-state index contributed by atoms with van der Waals surface area (Å²) in [6, 6.07) is 6.54. The lowest BCUT2D eigenvalue weighted by Crippen LogP contribution is -2.27. The number of hydrogen-bond acceptors (Lipinski definition) is 4. The number of aliphatic hydroxyl groups excluding tert-OH is 2. The molecule has 1 rings (SSSR count). The van der Waals surface area contributed by atoms with Gasteiger partial charge in [-0.1, -0.05) is 12.1 Å². The van der Waals surface area contributed by atoms with Crippen molar-refractivity contribution >= 4 is 23.2 Å². The van der Waals surface area contributed by atoms with E-state index in [0.717, 1.165) is 0 Å². The van der Waals surface area contributed by atoms with Crippen molar-refractivity contribution in [2.45, 2.75) is 18.6 Å². The molecule has 2 atom stereocenters. The summed E-state index contributed by atoms with van der Waals surface area (Å²) in [7, 11) is 0. The van der Waals surface area contributed by atoms with Crippen molar-refractivity contribution in [1.82, 2.24) is 0 Å². The quantitative estimate of drug-likeness (QED) is 0.571. The van der Waals surface area contributed by atoms with Crippen molar-refractivity contribution < 1.29 is 15.0 Å². The van der Waals surface area contributed by atoms with Crippen LogP contribution in [0, 0.1) is 0 Å². The number of amides is 1. The normalized spacial score (nSPS) is 14.0. The Morgan fingerprint density at radius 2 is 1.94 bits per heavy atom. The molecule has 1 amide bonds. The van der Waals surface area contributed by atoms with E-state index in [1.165, 1.54) is 0 Å². The van der Waals surface area contributed by atoms with Gasteiger partial charge in [0.15, 0.2) is 0 Å². The zero-order valence-corrected chi connectivity index (χ0v) is 10.6. The molecule has 0 spiro atoms. The molecule has 1 aromatic carbocycles. The predicted molar refractivity (Wildman–Crippen MR) is 70.4 cm³/mol. The van der Waals surface area contributed by atoms with Gasteiger partial charge >= 0.3 is 0 Å². The standard InChI is InChI=1S/C12H17ClN2O3/c13-6-5-11(17)15-9-3-1-8(2-4-9)12(18)10(16)7-14/h1-4,10,12,16,18H,5-7,14H2,(H,15,17). The molecular formula is C12H17ClN2O3. The third kappa shape index (κ3) is 4.27. The van der Waals surface area contributed by atoms with Crippen LogP contribution >= 0.6 is 11.6 Å². The topological polar surface area (TPSA) is 95.6 Å². The fourth-order valence-corrected chi connectivity index (χ4v) is 1.60. The highest BCUT2D eigenvalue weighted by Gasteiger charge is 2.16. The summed E-state index contributed by atoms with van der Waals surface area (Å²) in [5, 5.41) is 21.8. The Labute approximate surface area is 111 Å². The molecule has 1 aromatic rings. The SMILES string of the molecule is NCC(O)C(O)c1ccc(NC(=O)CCCl)cc1. The van der Waals surface area contributed by atoms with Gasteiger partial charge in [-0.3, -0.25) is 4.79 Å². The van der Waals surface area contributed by atoms with Crippen LogP contribution in [-0.4, -0.2) is 34.6 Å². The molecule has 5 nitrogen and oxygen atoms in total. The molecule has 0 radical (unpaired) electrons. The highest BCUT2D eigenvalue weighted by atomic mass is 35.5.